The molecule has 1 N–H and O–H groups in total. The molecule has 0 fully saturated rings. The van der Waals surface area contributed by atoms with Crippen molar-refractivity contribution in [1.82, 2.24) is 24.5 Å². The van der Waals surface area contributed by atoms with Gasteiger partial charge in [0.05, 0.1) is 25.7 Å². The fourth-order valence-corrected chi connectivity index (χ4v) is 3.66. The molecule has 0 aliphatic carbocycles. The Morgan fingerprint density at radius 2 is 1.84 bits per heavy atom. The second-order valence-corrected chi connectivity index (χ2v) is 7.26. The normalized spacial score (nSPS) is 10.6. The molecule has 0 aliphatic heterocycles. The van der Waals surface area contributed by atoms with Gasteiger partial charge in [0.2, 0.25) is 11.1 Å². The Kier molecular flexibility index (Phi) is 6.18. The Morgan fingerprint density at radius 3 is 2.55 bits per heavy atom. The van der Waals surface area contributed by atoms with Crippen molar-refractivity contribution in [2.24, 2.45) is 0 Å². The molecule has 4 rings (SSSR count). The maximum Gasteiger partial charge on any atom is 0.234 e. The third-order valence-electron chi connectivity index (χ3n) is 4.39. The van der Waals surface area contributed by atoms with Crippen LogP contribution in [0.1, 0.15) is 0 Å². The molecular weight excluding hydrogens is 416 g/mol. The predicted molar refractivity (Wildman–Crippen MR) is 117 cm³/mol. The monoisotopic (exact) mass is 436 g/mol. The van der Waals surface area contributed by atoms with Crippen LogP contribution in [-0.2, 0) is 4.79 Å². The van der Waals surface area contributed by atoms with E-state index in [0.717, 1.165) is 5.56 Å². The van der Waals surface area contributed by atoms with Crippen molar-refractivity contribution in [1.29, 1.82) is 0 Å². The van der Waals surface area contributed by atoms with Crippen molar-refractivity contribution in [3.8, 4) is 22.9 Å². The molecule has 158 valence electrons. The van der Waals surface area contributed by atoms with Gasteiger partial charge in [0.15, 0.2) is 5.82 Å². The van der Waals surface area contributed by atoms with Gasteiger partial charge >= 0.3 is 0 Å². The Hall–Kier alpha value is -3.79. The molecule has 1 amide bonds. The van der Waals surface area contributed by atoms with Crippen LogP contribution in [0.25, 0.3) is 11.4 Å². The van der Waals surface area contributed by atoms with Crippen molar-refractivity contribution in [2.45, 2.75) is 5.16 Å². The Balaban J connectivity index is 1.53. The first-order valence-electron chi connectivity index (χ1n) is 9.33. The van der Waals surface area contributed by atoms with Crippen molar-refractivity contribution in [3.63, 3.8) is 0 Å². The van der Waals surface area contributed by atoms with E-state index in [-0.39, 0.29) is 11.7 Å². The summed E-state index contributed by atoms with van der Waals surface area (Å²) >= 11 is 1.28. The van der Waals surface area contributed by atoms with E-state index in [1.807, 2.05) is 46.0 Å². The van der Waals surface area contributed by atoms with E-state index in [1.165, 1.54) is 11.8 Å². The number of carbonyl (C=O) groups is 1. The minimum absolute atomic E-state index is 0.144. The molecule has 31 heavy (non-hydrogen) atoms. The molecule has 0 radical (unpaired) electrons. The lowest BCUT2D eigenvalue weighted by molar-refractivity contribution is -0.113. The Bertz CT molecular complexity index is 1160. The number of anilines is 1. The van der Waals surface area contributed by atoms with E-state index in [4.69, 9.17) is 9.47 Å². The van der Waals surface area contributed by atoms with Crippen LogP contribution in [0.2, 0.25) is 0 Å². The number of methoxy groups -OCH3 is 2. The van der Waals surface area contributed by atoms with E-state index in [1.54, 1.807) is 44.8 Å². The number of carbonyl (C=O) groups excluding carboxylic acids is 1. The molecular formula is C21H20N6O3S. The summed E-state index contributed by atoms with van der Waals surface area (Å²) in [4.78, 5) is 16.6. The molecule has 0 saturated carbocycles. The Labute approximate surface area is 183 Å². The number of hydrogen-bond donors (Lipinski definition) is 1. The minimum atomic E-state index is -0.194. The van der Waals surface area contributed by atoms with Crippen LogP contribution in [0.15, 0.2) is 72.4 Å². The average Bonchev–Trinajstić information content (AvgIpc) is 3.48. The summed E-state index contributed by atoms with van der Waals surface area (Å²) in [6.45, 7) is 0. The van der Waals surface area contributed by atoms with E-state index in [0.29, 0.717) is 28.2 Å². The first kappa shape index (κ1) is 20.5. The third kappa shape index (κ3) is 4.53. The summed E-state index contributed by atoms with van der Waals surface area (Å²) < 4.78 is 14.2. The number of hydrogen-bond acceptors (Lipinski definition) is 7. The van der Waals surface area contributed by atoms with Crippen molar-refractivity contribution >= 4 is 23.4 Å². The van der Waals surface area contributed by atoms with Crippen LogP contribution in [0.4, 0.5) is 5.69 Å². The van der Waals surface area contributed by atoms with Crippen LogP contribution in [0, 0.1) is 0 Å². The number of rotatable bonds is 8. The lowest BCUT2D eigenvalue weighted by Gasteiger charge is -2.12. The number of benzene rings is 1. The van der Waals surface area contributed by atoms with Crippen molar-refractivity contribution < 1.29 is 14.3 Å². The molecule has 0 aliphatic rings. The van der Waals surface area contributed by atoms with Crippen LogP contribution < -0.4 is 14.8 Å². The highest BCUT2D eigenvalue weighted by Gasteiger charge is 2.17. The molecule has 0 saturated heterocycles. The molecule has 1 aromatic carbocycles. The van der Waals surface area contributed by atoms with Gasteiger partial charge in [0.1, 0.15) is 11.5 Å². The molecule has 0 bridgehead atoms. The molecule has 3 aromatic heterocycles. The van der Waals surface area contributed by atoms with Gasteiger partial charge in [-0.25, -0.2) is 4.68 Å². The third-order valence-corrected chi connectivity index (χ3v) is 5.30. The van der Waals surface area contributed by atoms with E-state index < -0.39 is 0 Å². The van der Waals surface area contributed by atoms with Crippen molar-refractivity contribution in [3.05, 3.63) is 67.3 Å². The zero-order valence-electron chi connectivity index (χ0n) is 16.9. The number of thioether (sulfide) groups is 1. The van der Waals surface area contributed by atoms with Crippen LogP contribution in [-0.4, -0.2) is 50.4 Å². The largest absolute Gasteiger partial charge is 0.497 e. The molecule has 9 nitrogen and oxygen atoms in total. The first-order valence-corrected chi connectivity index (χ1v) is 10.3. The molecule has 3 heterocycles. The van der Waals surface area contributed by atoms with Crippen LogP contribution in [0.5, 0.6) is 11.5 Å². The van der Waals surface area contributed by atoms with Gasteiger partial charge in [0.25, 0.3) is 0 Å². The molecule has 0 unspecified atom stereocenters. The first-order chi connectivity index (χ1) is 15.2. The number of nitrogens with zero attached hydrogens (tertiary/aromatic N) is 5. The molecule has 10 heteroatoms. The zero-order valence-corrected chi connectivity index (χ0v) is 17.7. The van der Waals surface area contributed by atoms with Crippen molar-refractivity contribution in [2.75, 3.05) is 25.3 Å². The van der Waals surface area contributed by atoms with Gasteiger partial charge in [-0.2, -0.15) is 0 Å². The fraction of sp³-hybridized carbons (Fsp3) is 0.143. The van der Waals surface area contributed by atoms with Gasteiger partial charge in [-0.15, -0.1) is 10.2 Å². The lowest BCUT2D eigenvalue weighted by Crippen LogP contribution is -2.16. The zero-order chi connectivity index (χ0) is 21.6. The predicted octanol–water partition coefficient (Wildman–Crippen LogP) is 3.20. The quantitative estimate of drug-likeness (QED) is 0.424. The van der Waals surface area contributed by atoms with E-state index in [2.05, 4.69) is 20.5 Å². The highest BCUT2D eigenvalue weighted by atomic mass is 32.2. The summed E-state index contributed by atoms with van der Waals surface area (Å²) in [6.07, 6.45) is 7.18. The summed E-state index contributed by atoms with van der Waals surface area (Å²) in [7, 11) is 3.12. The maximum absolute atomic E-state index is 12.6. The van der Waals surface area contributed by atoms with Gasteiger partial charge < -0.3 is 14.8 Å². The fourth-order valence-electron chi connectivity index (χ4n) is 2.92. The number of aromatic nitrogens is 5. The Morgan fingerprint density at radius 1 is 1.06 bits per heavy atom. The van der Waals surface area contributed by atoms with E-state index >= 15 is 0 Å². The molecule has 0 spiro atoms. The number of pyridine rings is 1. The summed E-state index contributed by atoms with van der Waals surface area (Å²) in [5.41, 5.74) is 1.44. The second-order valence-electron chi connectivity index (χ2n) is 6.32. The minimum Gasteiger partial charge on any atom is -0.497 e. The topological polar surface area (TPSA) is 96.1 Å². The van der Waals surface area contributed by atoms with Gasteiger partial charge in [0, 0.05) is 36.4 Å². The summed E-state index contributed by atoms with van der Waals surface area (Å²) in [6, 6.07) is 12.8. The molecule has 0 atom stereocenters. The smallest absolute Gasteiger partial charge is 0.234 e. The highest BCUT2D eigenvalue weighted by Crippen LogP contribution is 2.29. The SMILES string of the molecule is COc1ccc(NC(=O)CSc2nnc(-c3ccncc3)n2-n2cccc2)c(OC)c1. The number of amides is 1. The van der Waals surface area contributed by atoms with Gasteiger partial charge in [-0.3, -0.25) is 14.5 Å². The average molecular weight is 436 g/mol. The highest BCUT2D eigenvalue weighted by molar-refractivity contribution is 7.99. The van der Waals surface area contributed by atoms with Crippen LogP contribution in [0.3, 0.4) is 0 Å². The molecule has 4 aromatic rings. The van der Waals surface area contributed by atoms with Gasteiger partial charge in [-0.1, -0.05) is 11.8 Å². The standard InChI is InChI=1S/C21H20N6O3S/c1-29-16-5-6-17(18(13-16)30-2)23-19(28)14-31-21-25-24-20(15-7-9-22-10-8-15)27(21)26-11-3-4-12-26/h3-13H,14H2,1-2H3,(H,23,28). The van der Waals surface area contributed by atoms with Crippen LogP contribution >= 0.6 is 11.8 Å². The maximum atomic E-state index is 12.6. The summed E-state index contributed by atoms with van der Waals surface area (Å²) in [5.74, 6) is 1.77. The second kappa shape index (κ2) is 9.35. The van der Waals surface area contributed by atoms with Gasteiger partial charge in [-0.05, 0) is 36.4 Å². The lowest BCUT2D eigenvalue weighted by atomic mass is 10.2. The summed E-state index contributed by atoms with van der Waals surface area (Å²) in [5, 5.41) is 12.1. The number of nitrogens with one attached hydrogen (secondary N) is 1. The number of ether oxygens (including phenoxy) is 2. The van der Waals surface area contributed by atoms with E-state index in [9.17, 15) is 4.79 Å².